The van der Waals surface area contributed by atoms with Gasteiger partial charge < -0.3 is 14.5 Å². The Morgan fingerprint density at radius 3 is 1.85 bits per heavy atom. The number of benzene rings is 9. The standard InChI is InChI=1S/C64H43N3/c1-63(2)49-20-10-6-16-39(49)45-34-48-47-33-37(25-31-57(47)67(58(48)35-54(45)63)38-14-4-3-5-15-38)36-24-30-56-46(32-36)42-27-29-53-60(62(42)66-56)44-19-8-12-22-51(44)64(53)50-21-11-7-18-43(50)59-52(64)28-26-41-40-17-9-13-23-55(40)65-61(41)59/h3-23,25-29,31-35,65-66H,24,30H2,1-2H3. The van der Waals surface area contributed by atoms with Crippen molar-refractivity contribution >= 4 is 66.2 Å². The lowest BCUT2D eigenvalue weighted by Gasteiger charge is -2.30. The van der Waals surface area contributed by atoms with E-state index in [2.05, 4.69) is 216 Å². The number of fused-ring (bicyclic) bond motifs is 24. The highest BCUT2D eigenvalue weighted by molar-refractivity contribution is 6.17. The maximum atomic E-state index is 4.09. The Labute approximate surface area is 387 Å². The van der Waals surface area contributed by atoms with Crippen LogP contribution in [0.15, 0.2) is 182 Å². The molecule has 12 aromatic rings. The molecule has 3 aromatic heterocycles. The Balaban J connectivity index is 0.890. The molecule has 0 amide bonds. The third-order valence-electron chi connectivity index (χ3n) is 16.6. The zero-order valence-electron chi connectivity index (χ0n) is 37.3. The van der Waals surface area contributed by atoms with Crippen LogP contribution in [0.4, 0.5) is 0 Å². The number of nitrogens with one attached hydrogen (secondary N) is 2. The van der Waals surface area contributed by atoms with Crippen LogP contribution in [-0.4, -0.2) is 14.5 Å². The Morgan fingerprint density at radius 2 is 1.07 bits per heavy atom. The highest BCUT2D eigenvalue weighted by Gasteiger charge is 2.53. The summed E-state index contributed by atoms with van der Waals surface area (Å²) in [6.07, 6.45) is 4.44. The number of nitrogens with zero attached hydrogens (tertiary/aromatic N) is 1. The van der Waals surface area contributed by atoms with Crippen LogP contribution in [0.2, 0.25) is 0 Å². The van der Waals surface area contributed by atoms with E-state index in [0.717, 1.165) is 12.8 Å². The van der Waals surface area contributed by atoms with E-state index in [4.69, 9.17) is 0 Å². The summed E-state index contributed by atoms with van der Waals surface area (Å²) in [6.45, 7) is 4.76. The number of allylic oxidation sites excluding steroid dienone is 1. The first-order valence-corrected chi connectivity index (χ1v) is 23.9. The molecular weight excluding hydrogens is 811 g/mol. The molecule has 3 heterocycles. The first-order chi connectivity index (χ1) is 33.0. The maximum Gasteiger partial charge on any atom is 0.0727 e. The van der Waals surface area contributed by atoms with Crippen LogP contribution in [0.5, 0.6) is 0 Å². The smallest absolute Gasteiger partial charge is 0.0727 e. The first kappa shape index (κ1) is 36.1. The fourth-order valence-corrected chi connectivity index (χ4v) is 13.7. The summed E-state index contributed by atoms with van der Waals surface area (Å²) in [4.78, 5) is 7.97. The predicted octanol–water partition coefficient (Wildman–Crippen LogP) is 16.0. The third kappa shape index (κ3) is 4.34. The lowest BCUT2D eigenvalue weighted by atomic mass is 9.70. The van der Waals surface area contributed by atoms with Crippen molar-refractivity contribution in [3.05, 3.63) is 232 Å². The fourth-order valence-electron chi connectivity index (χ4n) is 13.7. The van der Waals surface area contributed by atoms with Gasteiger partial charge >= 0.3 is 0 Å². The molecule has 4 aliphatic rings. The van der Waals surface area contributed by atoms with E-state index in [1.54, 1.807) is 0 Å². The molecular formula is C64H43N3. The highest BCUT2D eigenvalue weighted by atomic mass is 15.0. The number of rotatable bonds is 2. The van der Waals surface area contributed by atoms with Crippen molar-refractivity contribution in [2.75, 3.05) is 0 Å². The van der Waals surface area contributed by atoms with Crippen LogP contribution in [0, 0.1) is 0 Å². The number of para-hydroxylation sites is 2. The van der Waals surface area contributed by atoms with Crippen molar-refractivity contribution in [2.45, 2.75) is 37.5 Å². The number of aromatic nitrogens is 3. The van der Waals surface area contributed by atoms with E-state index in [9.17, 15) is 0 Å². The molecule has 0 fully saturated rings. The van der Waals surface area contributed by atoms with Gasteiger partial charge in [-0.3, -0.25) is 0 Å². The summed E-state index contributed by atoms with van der Waals surface area (Å²) in [5.74, 6) is 0. The maximum absolute atomic E-state index is 4.09. The minimum atomic E-state index is -0.434. The quantitative estimate of drug-likeness (QED) is 0.174. The monoisotopic (exact) mass is 853 g/mol. The summed E-state index contributed by atoms with van der Waals surface area (Å²) < 4.78 is 2.48. The van der Waals surface area contributed by atoms with Gasteiger partial charge in [-0.25, -0.2) is 0 Å². The van der Waals surface area contributed by atoms with Gasteiger partial charge in [-0.15, -0.1) is 0 Å². The van der Waals surface area contributed by atoms with Gasteiger partial charge in [0.25, 0.3) is 0 Å². The average molecular weight is 854 g/mol. The van der Waals surface area contributed by atoms with Crippen molar-refractivity contribution in [2.24, 2.45) is 0 Å². The predicted molar refractivity (Wildman–Crippen MR) is 278 cm³/mol. The number of aromatic amines is 2. The minimum Gasteiger partial charge on any atom is -0.357 e. The normalized spacial score (nSPS) is 17.0. The zero-order chi connectivity index (χ0) is 43.9. The van der Waals surface area contributed by atoms with Gasteiger partial charge in [-0.05, 0) is 128 Å². The Bertz CT molecular complexity index is 4240. The van der Waals surface area contributed by atoms with Gasteiger partial charge in [0, 0.05) is 65.9 Å². The molecule has 3 nitrogen and oxygen atoms in total. The van der Waals surface area contributed by atoms with Crippen LogP contribution >= 0.6 is 0 Å². The third-order valence-corrected chi connectivity index (χ3v) is 16.6. The van der Waals surface area contributed by atoms with Crippen LogP contribution in [0.25, 0.3) is 105 Å². The second kappa shape index (κ2) is 12.4. The summed E-state index contributed by atoms with van der Waals surface area (Å²) in [5, 5.41) is 6.46. The molecule has 3 heteroatoms. The summed E-state index contributed by atoms with van der Waals surface area (Å²) in [6, 6.07) is 68.9. The Kier molecular flexibility index (Phi) is 6.68. The molecule has 0 saturated heterocycles. The Morgan fingerprint density at radius 1 is 0.433 bits per heavy atom. The lowest BCUT2D eigenvalue weighted by molar-refractivity contribution is 0.661. The molecule has 0 radical (unpaired) electrons. The number of hydrogen-bond donors (Lipinski definition) is 2. The molecule has 2 N–H and O–H groups in total. The highest BCUT2D eigenvalue weighted by Crippen LogP contribution is 2.65. The minimum absolute atomic E-state index is 0.0766. The van der Waals surface area contributed by atoms with Crippen molar-refractivity contribution in [3.8, 4) is 39.1 Å². The largest absolute Gasteiger partial charge is 0.357 e. The second-order valence-corrected chi connectivity index (χ2v) is 20.0. The van der Waals surface area contributed by atoms with Gasteiger partial charge in [0.2, 0.25) is 0 Å². The van der Waals surface area contributed by atoms with Crippen molar-refractivity contribution in [3.63, 3.8) is 0 Å². The molecule has 314 valence electrons. The van der Waals surface area contributed by atoms with Crippen LogP contribution < -0.4 is 0 Å². The lowest BCUT2D eigenvalue weighted by Crippen LogP contribution is -2.25. The van der Waals surface area contributed by atoms with E-state index in [-0.39, 0.29) is 5.41 Å². The molecule has 67 heavy (non-hydrogen) atoms. The first-order valence-electron chi connectivity index (χ1n) is 23.9. The molecule has 0 bridgehead atoms. The van der Waals surface area contributed by atoms with Crippen molar-refractivity contribution < 1.29 is 0 Å². The van der Waals surface area contributed by atoms with Crippen LogP contribution in [0.3, 0.4) is 0 Å². The van der Waals surface area contributed by atoms with E-state index >= 15 is 0 Å². The molecule has 1 spiro atoms. The second-order valence-electron chi connectivity index (χ2n) is 20.0. The average Bonchev–Trinajstić information content (AvgIpc) is 4.20. The summed E-state index contributed by atoms with van der Waals surface area (Å²) in [7, 11) is 0. The van der Waals surface area contributed by atoms with Gasteiger partial charge in [-0.2, -0.15) is 0 Å². The molecule has 1 atom stereocenters. The fraction of sp³-hybridized carbons (Fsp3) is 0.0938. The molecule has 16 rings (SSSR count). The SMILES string of the molecule is CC1(C)c2ccccc2-c2cc3c4cc(C5=Cc6c([nH]c7c8c(ccc67)C6(c7ccccc7-8)c7ccccc7-c7c6ccc6c7[nH]c7ccccc76)CC5)ccc4n(-c4ccccc4)c3cc21. The van der Waals surface area contributed by atoms with Gasteiger partial charge in [0.15, 0.2) is 0 Å². The van der Waals surface area contributed by atoms with Gasteiger partial charge in [-0.1, -0.05) is 153 Å². The molecule has 0 aliphatic heterocycles. The van der Waals surface area contributed by atoms with Gasteiger partial charge in [0.1, 0.15) is 0 Å². The van der Waals surface area contributed by atoms with Crippen LogP contribution in [-0.2, 0) is 17.3 Å². The zero-order valence-corrected chi connectivity index (χ0v) is 37.3. The number of aryl methyl sites for hydroxylation is 1. The molecule has 1 unspecified atom stereocenters. The van der Waals surface area contributed by atoms with Crippen molar-refractivity contribution in [1.29, 1.82) is 0 Å². The topological polar surface area (TPSA) is 36.5 Å². The number of hydrogen-bond acceptors (Lipinski definition) is 0. The number of H-pyrrole nitrogens is 2. The Hall–Kier alpha value is -8.14. The van der Waals surface area contributed by atoms with E-state index in [0.29, 0.717) is 0 Å². The van der Waals surface area contributed by atoms with E-state index in [1.165, 1.54) is 149 Å². The van der Waals surface area contributed by atoms with E-state index < -0.39 is 5.41 Å². The molecule has 4 aliphatic carbocycles. The van der Waals surface area contributed by atoms with Crippen molar-refractivity contribution in [1.82, 2.24) is 14.5 Å². The van der Waals surface area contributed by atoms with E-state index in [1.807, 2.05) is 0 Å². The van der Waals surface area contributed by atoms with Gasteiger partial charge in [0.05, 0.1) is 27.5 Å². The summed E-state index contributed by atoms with van der Waals surface area (Å²) in [5.41, 5.74) is 28.5. The van der Waals surface area contributed by atoms with Crippen LogP contribution in [0.1, 0.15) is 70.5 Å². The molecule has 0 saturated carbocycles. The summed E-state index contributed by atoms with van der Waals surface area (Å²) >= 11 is 0. The molecule has 9 aromatic carbocycles.